The number of carbonyl (C=O) groups excluding carboxylic acids is 1. The van der Waals surface area contributed by atoms with Crippen molar-refractivity contribution in [1.29, 1.82) is 0 Å². The predicted octanol–water partition coefficient (Wildman–Crippen LogP) is 5.42. The van der Waals surface area contributed by atoms with Gasteiger partial charge in [0.1, 0.15) is 11.6 Å². The van der Waals surface area contributed by atoms with Crippen molar-refractivity contribution in [3.8, 4) is 0 Å². The quantitative estimate of drug-likeness (QED) is 0.0819. The summed E-state index contributed by atoms with van der Waals surface area (Å²) in [5.74, 6) is -0.734. The second-order valence-electron chi connectivity index (χ2n) is 12.4. The van der Waals surface area contributed by atoms with E-state index in [2.05, 4.69) is 29.2 Å². The van der Waals surface area contributed by atoms with Crippen molar-refractivity contribution in [1.82, 2.24) is 14.0 Å². The normalized spacial score (nSPS) is 14.5. The summed E-state index contributed by atoms with van der Waals surface area (Å²) in [4.78, 5) is 53.4. The van der Waals surface area contributed by atoms with Crippen LogP contribution in [0, 0.1) is 10.1 Å². The van der Waals surface area contributed by atoms with Gasteiger partial charge in [0, 0.05) is 31.8 Å². The number of hydrogen-bond donors (Lipinski definition) is 0. The third-order valence-corrected chi connectivity index (χ3v) is 8.85. The third kappa shape index (κ3) is 7.52. The fraction of sp³-hybridized carbons (Fsp3) is 0.417. The number of benzene rings is 3. The van der Waals surface area contributed by atoms with E-state index in [0.29, 0.717) is 11.9 Å². The summed E-state index contributed by atoms with van der Waals surface area (Å²) < 4.78 is 14.1. The van der Waals surface area contributed by atoms with E-state index in [1.165, 1.54) is 30.5 Å². The first kappa shape index (κ1) is 33.7. The molecule has 2 heterocycles. The molecule has 1 aromatic heterocycles. The van der Waals surface area contributed by atoms with Gasteiger partial charge < -0.3 is 14.4 Å². The maximum absolute atomic E-state index is 13.8. The number of fused-ring (bicyclic) bond motifs is 1. The Morgan fingerprint density at radius 1 is 0.936 bits per heavy atom. The van der Waals surface area contributed by atoms with Crippen molar-refractivity contribution < 1.29 is 19.2 Å². The van der Waals surface area contributed by atoms with Crippen LogP contribution in [0.5, 0.6) is 0 Å². The molecule has 1 aliphatic rings. The maximum Gasteiger partial charge on any atom is 0.332 e. The van der Waals surface area contributed by atoms with Crippen LogP contribution < -0.4 is 11.2 Å². The Labute approximate surface area is 273 Å². The highest BCUT2D eigenvalue weighted by molar-refractivity contribution is 5.82. The molecule has 11 heteroatoms. The second-order valence-corrected chi connectivity index (χ2v) is 12.4. The first-order chi connectivity index (χ1) is 22.6. The zero-order valence-corrected chi connectivity index (χ0v) is 27.2. The van der Waals surface area contributed by atoms with Crippen molar-refractivity contribution in [3.63, 3.8) is 0 Å². The van der Waals surface area contributed by atoms with Gasteiger partial charge in [0.2, 0.25) is 0 Å². The van der Waals surface area contributed by atoms with E-state index < -0.39 is 27.7 Å². The molecule has 1 saturated heterocycles. The van der Waals surface area contributed by atoms with E-state index in [1.54, 1.807) is 6.92 Å². The van der Waals surface area contributed by atoms with Crippen molar-refractivity contribution in [2.24, 2.45) is 0 Å². The number of aryl methyl sites for hydroxylation is 1. The summed E-state index contributed by atoms with van der Waals surface area (Å²) in [6.45, 7) is 7.50. The molecule has 5 rings (SSSR count). The summed E-state index contributed by atoms with van der Waals surface area (Å²) in [7, 11) is 0. The molecule has 11 nitrogen and oxygen atoms in total. The molecule has 0 radical (unpaired) electrons. The number of non-ortho nitro benzene ring substituents is 1. The van der Waals surface area contributed by atoms with Crippen molar-refractivity contribution in [2.45, 2.75) is 70.7 Å². The summed E-state index contributed by atoms with van der Waals surface area (Å²) >= 11 is 0. The molecular weight excluding hydrogens is 600 g/mol. The van der Waals surface area contributed by atoms with Gasteiger partial charge in [-0.15, -0.1) is 0 Å². The molecule has 0 amide bonds. The van der Waals surface area contributed by atoms with Gasteiger partial charge in [0.05, 0.1) is 28.5 Å². The Bertz CT molecular complexity index is 1770. The minimum absolute atomic E-state index is 0.00237. The number of esters is 1. The van der Waals surface area contributed by atoms with Crippen molar-refractivity contribution in [3.05, 3.63) is 121 Å². The molecule has 0 N–H and O–H groups in total. The molecular formula is C36H42N4O7. The molecule has 0 bridgehead atoms. The van der Waals surface area contributed by atoms with Crippen LogP contribution in [0.2, 0.25) is 0 Å². The van der Waals surface area contributed by atoms with Crippen LogP contribution in [-0.2, 0) is 26.4 Å². The average Bonchev–Trinajstić information content (AvgIpc) is 3.08. The Kier molecular flexibility index (Phi) is 10.7. The Hall–Kier alpha value is -4.61. The number of unbranched alkanes of at least 4 members (excludes halogenated alkanes) is 1. The van der Waals surface area contributed by atoms with Gasteiger partial charge in [0.15, 0.2) is 0 Å². The SMILES string of the molecule is CCOC(=O)C(C)(C)n1c(=O)c2cc([N+](=O)[O-])ccc2n(CCCCN2CCC(OC(c3ccccc3)c3ccccc3)CC2)c1=O. The first-order valence-electron chi connectivity index (χ1n) is 16.2. The van der Waals surface area contributed by atoms with E-state index in [1.807, 2.05) is 36.4 Å². The highest BCUT2D eigenvalue weighted by atomic mass is 16.6. The number of piperidine rings is 1. The lowest BCUT2D eigenvalue weighted by Crippen LogP contribution is -2.53. The van der Waals surface area contributed by atoms with E-state index in [0.717, 1.165) is 60.7 Å². The second kappa shape index (κ2) is 14.9. The highest BCUT2D eigenvalue weighted by Crippen LogP contribution is 2.30. The van der Waals surface area contributed by atoms with E-state index in [4.69, 9.17) is 9.47 Å². The van der Waals surface area contributed by atoms with Gasteiger partial charge in [-0.1, -0.05) is 60.7 Å². The molecule has 0 atom stereocenters. The topological polar surface area (TPSA) is 126 Å². The molecule has 3 aromatic carbocycles. The summed E-state index contributed by atoms with van der Waals surface area (Å²) in [5.41, 5.74) is -0.742. The Morgan fingerprint density at radius 3 is 2.11 bits per heavy atom. The van der Waals surface area contributed by atoms with Crippen LogP contribution in [0.25, 0.3) is 10.9 Å². The molecule has 0 spiro atoms. The van der Waals surface area contributed by atoms with Crippen molar-refractivity contribution in [2.75, 3.05) is 26.2 Å². The highest BCUT2D eigenvalue weighted by Gasteiger charge is 2.36. The molecule has 0 saturated carbocycles. The Balaban J connectivity index is 1.25. The number of nitrogens with zero attached hydrogens (tertiary/aromatic N) is 4. The van der Waals surface area contributed by atoms with E-state index in [-0.39, 0.29) is 36.4 Å². The van der Waals surface area contributed by atoms with Crippen LogP contribution in [0.15, 0.2) is 88.5 Å². The maximum atomic E-state index is 13.8. The van der Waals surface area contributed by atoms with E-state index in [9.17, 15) is 24.5 Å². The van der Waals surface area contributed by atoms with Crippen LogP contribution in [0.4, 0.5) is 5.69 Å². The molecule has 248 valence electrons. The van der Waals surface area contributed by atoms with Crippen LogP contribution >= 0.6 is 0 Å². The number of rotatable bonds is 13. The number of hydrogen-bond acceptors (Lipinski definition) is 8. The zero-order valence-electron chi connectivity index (χ0n) is 27.2. The summed E-state index contributed by atoms with van der Waals surface area (Å²) in [6, 6.07) is 24.5. The minimum Gasteiger partial charge on any atom is -0.464 e. The lowest BCUT2D eigenvalue weighted by atomic mass is 10.00. The number of nitro groups is 1. The van der Waals surface area contributed by atoms with Gasteiger partial charge in [-0.25, -0.2) is 14.2 Å². The first-order valence-corrected chi connectivity index (χ1v) is 16.2. The molecule has 1 fully saturated rings. The monoisotopic (exact) mass is 642 g/mol. The van der Waals surface area contributed by atoms with Gasteiger partial charge in [0.25, 0.3) is 11.2 Å². The largest absolute Gasteiger partial charge is 0.464 e. The molecule has 0 aliphatic carbocycles. The van der Waals surface area contributed by atoms with Crippen LogP contribution in [-0.4, -0.2) is 57.3 Å². The lowest BCUT2D eigenvalue weighted by molar-refractivity contribution is -0.384. The molecule has 1 aliphatic heterocycles. The standard InChI is InChI=1S/C36H42N4O7/c1-4-46-34(42)36(2,3)39-33(41)30-25-28(40(44)45)17-18-31(30)38(35(39)43)22-12-11-21-37-23-19-29(20-24-37)47-32(26-13-7-5-8-14-26)27-15-9-6-10-16-27/h5-10,13-18,25,29,32H,4,11-12,19-24H2,1-3H3. The van der Waals surface area contributed by atoms with Gasteiger partial charge in [-0.05, 0) is 70.2 Å². The van der Waals surface area contributed by atoms with E-state index >= 15 is 0 Å². The van der Waals surface area contributed by atoms with Crippen molar-refractivity contribution >= 4 is 22.6 Å². The number of likely N-dealkylation sites (tertiary alicyclic amines) is 1. The average molecular weight is 643 g/mol. The zero-order chi connectivity index (χ0) is 33.6. The van der Waals surface area contributed by atoms with Gasteiger partial charge >= 0.3 is 11.7 Å². The molecule has 47 heavy (non-hydrogen) atoms. The lowest BCUT2D eigenvalue weighted by Gasteiger charge is -2.34. The van der Waals surface area contributed by atoms with Crippen LogP contribution in [0.3, 0.4) is 0 Å². The summed E-state index contributed by atoms with van der Waals surface area (Å²) in [6.07, 6.45) is 3.25. The fourth-order valence-electron chi connectivity index (χ4n) is 6.26. The summed E-state index contributed by atoms with van der Waals surface area (Å²) in [5, 5.41) is 11.5. The fourth-order valence-corrected chi connectivity index (χ4v) is 6.26. The van der Waals surface area contributed by atoms with Crippen LogP contribution in [0.1, 0.15) is 63.7 Å². The number of carbonyl (C=O) groups is 1. The number of aromatic nitrogens is 2. The third-order valence-electron chi connectivity index (χ3n) is 8.85. The van der Waals surface area contributed by atoms with Gasteiger partial charge in [-0.3, -0.25) is 19.5 Å². The number of ether oxygens (including phenoxy) is 2. The number of nitro benzene ring substituents is 1. The predicted molar refractivity (Wildman–Crippen MR) is 180 cm³/mol. The minimum atomic E-state index is -1.61. The Morgan fingerprint density at radius 2 is 1.53 bits per heavy atom. The smallest absolute Gasteiger partial charge is 0.332 e. The molecule has 4 aromatic rings. The molecule has 0 unspecified atom stereocenters. The van der Waals surface area contributed by atoms with Gasteiger partial charge in [-0.2, -0.15) is 0 Å².